The Hall–Kier alpha value is -1.97. The Morgan fingerprint density at radius 3 is 2.60 bits per heavy atom. The average molecular weight is 202 g/mol. The van der Waals surface area contributed by atoms with Crippen molar-refractivity contribution in [1.82, 2.24) is 0 Å². The first-order valence-electron chi connectivity index (χ1n) is 4.70. The fraction of sp³-hybridized carbons (Fsp3) is 0.182. The van der Waals surface area contributed by atoms with Gasteiger partial charge in [0.05, 0.1) is 4.92 Å². The molecule has 0 amide bonds. The second-order valence-corrected chi connectivity index (χ2v) is 3.36. The molecule has 0 radical (unpaired) electrons. The van der Waals surface area contributed by atoms with Crippen molar-refractivity contribution < 1.29 is 4.92 Å². The van der Waals surface area contributed by atoms with Crippen molar-refractivity contribution in [2.75, 3.05) is 0 Å². The fourth-order valence-corrected chi connectivity index (χ4v) is 1.56. The van der Waals surface area contributed by atoms with E-state index in [4.69, 9.17) is 0 Å². The van der Waals surface area contributed by atoms with Gasteiger partial charge in [0, 0.05) is 30.5 Å². The molecule has 4 heteroatoms. The summed E-state index contributed by atoms with van der Waals surface area (Å²) in [6, 6.07) is 6.67. The Balaban J connectivity index is 2.20. The molecule has 0 aromatic heterocycles. The quantitative estimate of drug-likeness (QED) is 0.546. The molecule has 2 rings (SSSR count). The van der Waals surface area contributed by atoms with Gasteiger partial charge in [0.15, 0.2) is 0 Å². The van der Waals surface area contributed by atoms with Crippen molar-refractivity contribution in [3.63, 3.8) is 0 Å². The zero-order valence-electron chi connectivity index (χ0n) is 8.04. The summed E-state index contributed by atoms with van der Waals surface area (Å²) in [4.78, 5) is 14.1. The number of nitro groups is 1. The van der Waals surface area contributed by atoms with Crippen molar-refractivity contribution in [3.8, 4) is 0 Å². The number of aliphatic imine (C=N–C) groups is 1. The molecular weight excluding hydrogens is 192 g/mol. The average Bonchev–Trinajstić information content (AvgIpc) is 2.30. The predicted molar refractivity (Wildman–Crippen MR) is 58.1 cm³/mol. The monoisotopic (exact) mass is 202 g/mol. The first-order chi connectivity index (χ1) is 7.27. The Morgan fingerprint density at radius 2 is 2.07 bits per heavy atom. The van der Waals surface area contributed by atoms with E-state index in [1.165, 1.54) is 12.1 Å². The van der Waals surface area contributed by atoms with Crippen LogP contribution in [-0.2, 0) is 0 Å². The van der Waals surface area contributed by atoms with Gasteiger partial charge >= 0.3 is 0 Å². The Kier molecular flexibility index (Phi) is 2.58. The lowest BCUT2D eigenvalue weighted by Crippen LogP contribution is -1.99. The van der Waals surface area contributed by atoms with Crippen LogP contribution in [0, 0.1) is 10.1 Å². The summed E-state index contributed by atoms with van der Waals surface area (Å²) in [6.07, 6.45) is 6.47. The number of allylic oxidation sites excluding steroid dienone is 1. The molecule has 0 saturated carbocycles. The molecule has 1 aromatic rings. The molecule has 0 fully saturated rings. The molecule has 15 heavy (non-hydrogen) atoms. The highest BCUT2D eigenvalue weighted by atomic mass is 16.6. The van der Waals surface area contributed by atoms with Crippen LogP contribution in [0.25, 0.3) is 0 Å². The highest BCUT2D eigenvalue weighted by Gasteiger charge is 2.11. The van der Waals surface area contributed by atoms with Crippen LogP contribution in [0.4, 0.5) is 5.69 Å². The van der Waals surface area contributed by atoms with Crippen molar-refractivity contribution in [3.05, 3.63) is 52.2 Å². The van der Waals surface area contributed by atoms with Gasteiger partial charge in [-0.05, 0) is 12.0 Å². The van der Waals surface area contributed by atoms with Gasteiger partial charge in [-0.1, -0.05) is 18.2 Å². The Bertz CT molecular complexity index is 421. The van der Waals surface area contributed by atoms with Gasteiger partial charge in [0.25, 0.3) is 5.69 Å². The molecule has 4 nitrogen and oxygen atoms in total. The number of nitrogens with zero attached hydrogens (tertiary/aromatic N) is 2. The van der Waals surface area contributed by atoms with E-state index in [0.29, 0.717) is 5.92 Å². The number of benzene rings is 1. The second kappa shape index (κ2) is 4.04. The minimum absolute atomic E-state index is 0.132. The van der Waals surface area contributed by atoms with E-state index in [0.717, 1.165) is 12.0 Å². The van der Waals surface area contributed by atoms with Gasteiger partial charge in [-0.3, -0.25) is 15.1 Å². The molecular formula is C11H10N2O2. The standard InChI is InChI=1S/C11H10N2O2/c14-13(15)11-3-1-9(2-4-11)10-5-7-12-8-6-10/h1-5,7-8,10H,6H2. The van der Waals surface area contributed by atoms with Crippen molar-refractivity contribution >= 4 is 11.9 Å². The second-order valence-electron chi connectivity index (χ2n) is 3.36. The predicted octanol–water partition coefficient (Wildman–Crippen LogP) is 2.67. The van der Waals surface area contributed by atoms with E-state index < -0.39 is 0 Å². The van der Waals surface area contributed by atoms with Crippen LogP contribution in [0.15, 0.2) is 41.5 Å². The lowest BCUT2D eigenvalue weighted by Gasteiger charge is -2.11. The number of hydrogen-bond donors (Lipinski definition) is 0. The topological polar surface area (TPSA) is 55.5 Å². The smallest absolute Gasteiger partial charge is 0.269 e. The zero-order chi connectivity index (χ0) is 10.7. The lowest BCUT2D eigenvalue weighted by molar-refractivity contribution is -0.384. The summed E-state index contributed by atoms with van der Waals surface area (Å²) in [5.41, 5.74) is 1.22. The van der Waals surface area contributed by atoms with E-state index in [1.54, 1.807) is 18.3 Å². The van der Waals surface area contributed by atoms with Gasteiger partial charge in [0.1, 0.15) is 0 Å². The lowest BCUT2D eigenvalue weighted by atomic mass is 9.95. The summed E-state index contributed by atoms with van der Waals surface area (Å²) in [7, 11) is 0. The summed E-state index contributed by atoms with van der Waals surface area (Å²) in [6.45, 7) is 0. The maximum atomic E-state index is 10.5. The van der Waals surface area contributed by atoms with Crippen LogP contribution in [0.2, 0.25) is 0 Å². The van der Waals surface area contributed by atoms with Gasteiger partial charge in [-0.2, -0.15) is 0 Å². The molecule has 1 aliphatic heterocycles. The first kappa shape index (κ1) is 9.58. The normalized spacial score (nSPS) is 19.1. The molecule has 1 heterocycles. The fourth-order valence-electron chi connectivity index (χ4n) is 1.56. The van der Waals surface area contributed by atoms with Crippen molar-refractivity contribution in [2.45, 2.75) is 12.3 Å². The molecule has 0 N–H and O–H groups in total. The van der Waals surface area contributed by atoms with Gasteiger partial charge in [-0.25, -0.2) is 0 Å². The Morgan fingerprint density at radius 1 is 1.33 bits per heavy atom. The van der Waals surface area contributed by atoms with Crippen LogP contribution in [0.1, 0.15) is 17.9 Å². The minimum atomic E-state index is -0.387. The molecule has 1 aromatic carbocycles. The van der Waals surface area contributed by atoms with Crippen LogP contribution < -0.4 is 0 Å². The van der Waals surface area contributed by atoms with Crippen LogP contribution in [0.3, 0.4) is 0 Å². The summed E-state index contributed by atoms with van der Waals surface area (Å²) in [5, 5.41) is 10.5. The molecule has 0 aliphatic carbocycles. The molecule has 1 atom stereocenters. The third-order valence-corrected chi connectivity index (χ3v) is 2.40. The van der Waals surface area contributed by atoms with Gasteiger partial charge in [0.2, 0.25) is 0 Å². The van der Waals surface area contributed by atoms with Crippen molar-refractivity contribution in [1.29, 1.82) is 0 Å². The van der Waals surface area contributed by atoms with Gasteiger partial charge < -0.3 is 0 Å². The highest BCUT2D eigenvalue weighted by molar-refractivity contribution is 5.62. The molecule has 0 bridgehead atoms. The SMILES string of the molecule is O=[N+]([O-])c1ccc(C2C=CN=CC2)cc1. The molecule has 1 aliphatic rings. The summed E-state index contributed by atoms with van der Waals surface area (Å²) >= 11 is 0. The first-order valence-corrected chi connectivity index (χ1v) is 4.70. The molecule has 0 spiro atoms. The van der Waals surface area contributed by atoms with E-state index >= 15 is 0 Å². The van der Waals surface area contributed by atoms with E-state index in [9.17, 15) is 10.1 Å². The molecule has 0 saturated heterocycles. The zero-order valence-corrected chi connectivity index (χ0v) is 8.04. The Labute approximate surface area is 87.1 Å². The highest BCUT2D eigenvalue weighted by Crippen LogP contribution is 2.24. The number of non-ortho nitro benzene ring substituents is 1. The molecule has 1 unspecified atom stereocenters. The third-order valence-electron chi connectivity index (χ3n) is 2.40. The van der Waals surface area contributed by atoms with Crippen LogP contribution in [-0.4, -0.2) is 11.1 Å². The van der Waals surface area contributed by atoms with E-state index in [1.807, 2.05) is 12.3 Å². The van der Waals surface area contributed by atoms with Crippen molar-refractivity contribution in [2.24, 2.45) is 4.99 Å². The van der Waals surface area contributed by atoms with E-state index in [2.05, 4.69) is 4.99 Å². The summed E-state index contributed by atoms with van der Waals surface area (Å²) < 4.78 is 0. The van der Waals surface area contributed by atoms with Crippen LogP contribution in [0.5, 0.6) is 0 Å². The maximum absolute atomic E-state index is 10.5. The third kappa shape index (κ3) is 2.10. The largest absolute Gasteiger partial charge is 0.269 e. The number of rotatable bonds is 2. The summed E-state index contributed by atoms with van der Waals surface area (Å²) in [5.74, 6) is 0.295. The van der Waals surface area contributed by atoms with Gasteiger partial charge in [-0.15, -0.1) is 0 Å². The minimum Gasteiger partial charge on any atom is -0.269 e. The number of nitro benzene ring substituents is 1. The molecule has 76 valence electrons. The maximum Gasteiger partial charge on any atom is 0.269 e. The number of hydrogen-bond acceptors (Lipinski definition) is 3. The van der Waals surface area contributed by atoms with E-state index in [-0.39, 0.29) is 10.6 Å². The van der Waals surface area contributed by atoms with Crippen LogP contribution >= 0.6 is 0 Å².